The van der Waals surface area contributed by atoms with Crippen LogP contribution >= 0.6 is 0 Å². The van der Waals surface area contributed by atoms with Gasteiger partial charge in [0.2, 0.25) is 15.7 Å². The van der Waals surface area contributed by atoms with Gasteiger partial charge in [-0.15, -0.1) is 12.6 Å². The second kappa shape index (κ2) is 20.4. The molecule has 0 unspecified atom stereocenters. The molecular weight excluding hydrogens is 935 g/mol. The number of nitrogens with one attached hydrogen (secondary N) is 1. The summed E-state index contributed by atoms with van der Waals surface area (Å²) in [6, 6.07) is 15.9. The fourth-order valence-electron chi connectivity index (χ4n) is 7.76. The third-order valence-electron chi connectivity index (χ3n) is 11.1. The lowest BCUT2D eigenvalue weighted by molar-refractivity contribution is -0.438. The number of para-hydroxylation sites is 1. The lowest BCUT2D eigenvalue weighted by atomic mass is 9.81. The van der Waals surface area contributed by atoms with Crippen LogP contribution in [-0.2, 0) is 58.2 Å². The first-order chi connectivity index (χ1) is 30.8. The largest absolute Gasteiger partial charge is 0.425 e. The molecule has 2 aliphatic rings. The first kappa shape index (κ1) is 51.2. The van der Waals surface area contributed by atoms with E-state index in [4.69, 9.17) is 22.7 Å². The number of aromatic nitrogens is 3. The Morgan fingerprint density at radius 1 is 0.864 bits per heavy atom. The van der Waals surface area contributed by atoms with Crippen molar-refractivity contribution in [3.05, 3.63) is 131 Å². The molecule has 6 rings (SSSR count). The predicted molar refractivity (Wildman–Crippen MR) is 246 cm³/mol. The van der Waals surface area contributed by atoms with Gasteiger partial charge in [0.15, 0.2) is 5.71 Å². The molecule has 66 heavy (non-hydrogen) atoms. The van der Waals surface area contributed by atoms with E-state index >= 15 is 0 Å². The van der Waals surface area contributed by atoms with Crippen LogP contribution in [0.3, 0.4) is 0 Å². The van der Waals surface area contributed by atoms with Gasteiger partial charge in [0.1, 0.15) is 17.3 Å². The molecule has 0 saturated heterocycles. The molecule has 4 heterocycles. The number of amides is 1. The maximum Gasteiger partial charge on any atom is 0.425 e. The highest BCUT2D eigenvalue weighted by Gasteiger charge is 2.44. The van der Waals surface area contributed by atoms with Gasteiger partial charge < -0.3 is 10.2 Å². The summed E-state index contributed by atoms with van der Waals surface area (Å²) in [6.45, 7) is 11.2. The number of unbranched alkanes of at least 4 members (excludes halogenated alkanes) is 1. The van der Waals surface area contributed by atoms with Crippen molar-refractivity contribution in [2.24, 2.45) is 5.14 Å². The number of rotatable bonds is 16. The standard InChI is InChI=1S/C43H49N7O9S3.O3S/c1-6-7-21-49-36-12-9-8-11-33(36)42(2,3)38(49)19-14-29(35-17-13-30(25-45-35)41(51)48-28-40-46-26-32(27-47-40)61(44,55)56)15-20-39-43(4,5)34-24-31(62(57,58)59)16-18-37(34)50(39)22-10-23-60(52,53)54;1-4(2)3/h8-9,11-20,24-27H,6-7,10,21-23,28H2,1-5H3,(H4-,44,48,51,52,53,54,55,56,57,58,59);/p+1. The fraction of sp³-hybridized carbons (Fsp3) is 0.326. The average molecular weight is 985 g/mol. The normalized spacial score (nSPS) is 16.2. The number of fused-ring (bicyclic) bond motifs is 2. The van der Waals surface area contributed by atoms with E-state index in [-0.39, 0.29) is 46.1 Å². The molecule has 1 amide bonds. The summed E-state index contributed by atoms with van der Waals surface area (Å²) in [5, 5.41) is 7.83. The third-order valence-corrected chi connectivity index (χ3v) is 13.6. The lowest BCUT2D eigenvalue weighted by Crippen LogP contribution is -2.28. The molecule has 2 aromatic carbocycles. The SMILES string of the molecule is CCCC[N+]1=C(/C=C/C(=C/C=C2/N(CCCS(=O)(=O)O)c3ccc(S(=O)(=O)O)cc3C2(C)C)c2ccc(C(=O)NCc3ncc(S(N)(=O)=O)cn3)cn2)C(C)(C)c2ccccc21.O=S(=O)=O. The summed E-state index contributed by atoms with van der Waals surface area (Å²) in [5.41, 5.74) is 5.45. The molecule has 0 spiro atoms. The molecule has 0 atom stereocenters. The van der Waals surface area contributed by atoms with E-state index < -0.39 is 57.9 Å². The van der Waals surface area contributed by atoms with Crippen LogP contribution in [0.1, 0.15) is 86.9 Å². The van der Waals surface area contributed by atoms with E-state index in [1.165, 1.54) is 23.9 Å². The van der Waals surface area contributed by atoms with E-state index in [9.17, 15) is 39.2 Å². The van der Waals surface area contributed by atoms with Crippen molar-refractivity contribution in [1.82, 2.24) is 20.3 Å². The van der Waals surface area contributed by atoms with Crippen molar-refractivity contribution in [1.29, 1.82) is 0 Å². The van der Waals surface area contributed by atoms with Gasteiger partial charge in [-0.05, 0) is 68.3 Å². The highest BCUT2D eigenvalue weighted by atomic mass is 32.2. The summed E-state index contributed by atoms with van der Waals surface area (Å²) >= 11 is 0. The Bertz CT molecular complexity index is 3090. The van der Waals surface area contributed by atoms with Crippen molar-refractivity contribution in [3.8, 4) is 0 Å². The van der Waals surface area contributed by atoms with Gasteiger partial charge in [-0.25, -0.2) is 23.5 Å². The lowest BCUT2D eigenvalue weighted by Gasteiger charge is -2.27. The summed E-state index contributed by atoms with van der Waals surface area (Å²) in [6.07, 6.45) is 13.3. The Balaban J connectivity index is 0.00000196. The highest BCUT2D eigenvalue weighted by molar-refractivity contribution is 7.89. The Labute approximate surface area is 385 Å². The number of pyridine rings is 1. The van der Waals surface area contributed by atoms with Crippen molar-refractivity contribution in [2.45, 2.75) is 81.0 Å². The zero-order chi connectivity index (χ0) is 48.8. The first-order valence-corrected chi connectivity index (χ1v) is 25.9. The van der Waals surface area contributed by atoms with Crippen molar-refractivity contribution < 1.29 is 56.4 Å². The number of nitrogens with zero attached hydrogens (tertiary/aromatic N) is 5. The van der Waals surface area contributed by atoms with Gasteiger partial charge in [0, 0.05) is 59.2 Å². The first-order valence-electron chi connectivity index (χ1n) is 20.3. The van der Waals surface area contributed by atoms with E-state index in [2.05, 4.69) is 58.8 Å². The van der Waals surface area contributed by atoms with Gasteiger partial charge in [0.25, 0.3) is 26.1 Å². The minimum Gasteiger partial charge on any atom is -0.345 e. The topological polar surface area (TPSA) is 294 Å². The van der Waals surface area contributed by atoms with E-state index in [1.807, 2.05) is 49.1 Å². The quantitative estimate of drug-likeness (QED) is 0.0684. The number of benzene rings is 2. The molecule has 0 aliphatic carbocycles. The predicted octanol–water partition coefficient (Wildman–Crippen LogP) is 4.47. The van der Waals surface area contributed by atoms with Crippen molar-refractivity contribution in [2.75, 3.05) is 23.7 Å². The molecule has 0 radical (unpaired) electrons. The van der Waals surface area contributed by atoms with Crippen LogP contribution in [0.5, 0.6) is 0 Å². The van der Waals surface area contributed by atoms with Crippen LogP contribution in [-0.4, -0.2) is 97.0 Å². The average Bonchev–Trinajstić information content (AvgIpc) is 3.58. The van der Waals surface area contributed by atoms with Crippen LogP contribution in [0.4, 0.5) is 11.4 Å². The molecule has 4 aromatic rings. The second-order valence-electron chi connectivity index (χ2n) is 16.3. The summed E-state index contributed by atoms with van der Waals surface area (Å²) in [7, 11) is -15.9. The number of sulfonamides is 1. The molecule has 352 valence electrons. The van der Waals surface area contributed by atoms with E-state index in [1.54, 1.807) is 18.2 Å². The number of allylic oxidation sites excluding steroid dienone is 6. The summed E-state index contributed by atoms with van der Waals surface area (Å²) in [5.74, 6) is -0.805. The van der Waals surface area contributed by atoms with E-state index in [0.29, 0.717) is 28.2 Å². The fourth-order valence-corrected chi connectivity index (χ4v) is 9.16. The van der Waals surface area contributed by atoms with Gasteiger partial charge in [-0.1, -0.05) is 51.5 Å². The smallest absolute Gasteiger partial charge is 0.345 e. The Morgan fingerprint density at radius 3 is 2.12 bits per heavy atom. The zero-order valence-electron chi connectivity index (χ0n) is 36.6. The number of carbonyl (C=O) groups excluding carboxylic acids is 1. The van der Waals surface area contributed by atoms with Crippen LogP contribution in [0, 0.1) is 0 Å². The summed E-state index contributed by atoms with van der Waals surface area (Å²) in [4.78, 5) is 27.1. The van der Waals surface area contributed by atoms with E-state index in [0.717, 1.165) is 43.2 Å². The van der Waals surface area contributed by atoms with Crippen LogP contribution in [0.25, 0.3) is 5.57 Å². The molecule has 23 heteroatoms. The molecule has 19 nitrogen and oxygen atoms in total. The molecule has 2 aliphatic heterocycles. The van der Waals surface area contributed by atoms with Crippen LogP contribution in [0.2, 0.25) is 0 Å². The zero-order valence-corrected chi connectivity index (χ0v) is 39.9. The molecule has 0 bridgehead atoms. The number of nitrogens with two attached hydrogens (primary N) is 1. The van der Waals surface area contributed by atoms with Crippen LogP contribution < -0.4 is 15.4 Å². The molecule has 2 aromatic heterocycles. The summed E-state index contributed by atoms with van der Waals surface area (Å²) < 4.78 is 118. The number of hydrogen-bond donors (Lipinski definition) is 4. The number of anilines is 1. The highest BCUT2D eigenvalue weighted by Crippen LogP contribution is 2.49. The molecular formula is C43H50N7O12S4+. The molecule has 0 saturated carbocycles. The maximum absolute atomic E-state index is 13.2. The second-order valence-corrected chi connectivity index (χ2v) is 21.3. The Hall–Kier alpha value is -5.82. The third kappa shape index (κ3) is 12.3. The Kier molecular flexibility index (Phi) is 15.8. The van der Waals surface area contributed by atoms with Gasteiger partial charge >= 0.3 is 10.6 Å². The molecule has 0 fully saturated rings. The van der Waals surface area contributed by atoms with Crippen molar-refractivity contribution >= 4 is 69.4 Å². The molecule has 5 N–H and O–H groups in total. The number of carbonyl (C=O) groups is 1. The number of hydrogen-bond acceptors (Lipinski definition) is 14. The minimum atomic E-state index is -4.54. The Morgan fingerprint density at radius 2 is 1.53 bits per heavy atom. The van der Waals surface area contributed by atoms with Gasteiger partial charge in [-0.3, -0.25) is 18.9 Å². The van der Waals surface area contributed by atoms with Gasteiger partial charge in [-0.2, -0.15) is 21.4 Å². The number of primary sulfonamides is 1. The maximum atomic E-state index is 13.2. The van der Waals surface area contributed by atoms with Gasteiger partial charge in [0.05, 0.1) is 46.3 Å². The van der Waals surface area contributed by atoms with Crippen molar-refractivity contribution in [3.63, 3.8) is 0 Å². The monoisotopic (exact) mass is 984 g/mol. The minimum absolute atomic E-state index is 0.0574. The van der Waals surface area contributed by atoms with Crippen LogP contribution in [0.15, 0.2) is 113 Å².